The van der Waals surface area contributed by atoms with Crippen molar-refractivity contribution in [3.05, 3.63) is 66.7 Å². The Hall–Kier alpha value is -4.40. The first-order valence-corrected chi connectivity index (χ1v) is 12.0. The molecular formula is C28H30N2O7. The van der Waals surface area contributed by atoms with Crippen molar-refractivity contribution in [2.45, 2.75) is 12.8 Å². The molecule has 194 valence electrons. The van der Waals surface area contributed by atoms with Crippen molar-refractivity contribution in [1.82, 2.24) is 0 Å². The first-order chi connectivity index (χ1) is 18.1. The lowest BCUT2D eigenvalue weighted by Gasteiger charge is -2.29. The summed E-state index contributed by atoms with van der Waals surface area (Å²) in [6.45, 7) is 0.993. The minimum absolute atomic E-state index is 0.0462. The lowest BCUT2D eigenvalue weighted by Crippen LogP contribution is -2.41. The fourth-order valence-corrected chi connectivity index (χ4v) is 3.77. The Kier molecular flexibility index (Phi) is 8.70. The molecule has 37 heavy (non-hydrogen) atoms. The van der Waals surface area contributed by atoms with E-state index in [0.717, 1.165) is 17.2 Å². The van der Waals surface area contributed by atoms with Gasteiger partial charge in [-0.3, -0.25) is 9.59 Å². The van der Waals surface area contributed by atoms with Gasteiger partial charge in [-0.05, 0) is 73.2 Å². The predicted molar refractivity (Wildman–Crippen MR) is 139 cm³/mol. The van der Waals surface area contributed by atoms with Crippen LogP contribution in [0.3, 0.4) is 0 Å². The van der Waals surface area contributed by atoms with Gasteiger partial charge in [-0.1, -0.05) is 0 Å². The largest absolute Gasteiger partial charge is 0.497 e. The van der Waals surface area contributed by atoms with Gasteiger partial charge in [0.15, 0.2) is 6.61 Å². The number of rotatable bonds is 12. The molecule has 0 spiro atoms. The highest BCUT2D eigenvalue weighted by molar-refractivity contribution is 5.99. The van der Waals surface area contributed by atoms with Gasteiger partial charge in [0.2, 0.25) is 5.91 Å². The monoisotopic (exact) mass is 506 g/mol. The van der Waals surface area contributed by atoms with E-state index in [9.17, 15) is 9.59 Å². The number of carbonyl (C=O) groups is 2. The van der Waals surface area contributed by atoms with Gasteiger partial charge < -0.3 is 33.9 Å². The molecule has 0 atom stereocenters. The fourth-order valence-electron chi connectivity index (χ4n) is 3.77. The SMILES string of the molecule is COc1ccc(OCCCC(=O)Nc2ccc3c(c2)N(CCOc2ccc(OC)cc2)C(=O)CO3)cc1. The molecule has 3 aromatic carbocycles. The lowest BCUT2D eigenvalue weighted by molar-refractivity contribution is -0.121. The molecule has 3 aromatic rings. The van der Waals surface area contributed by atoms with Gasteiger partial charge in [0.25, 0.3) is 5.91 Å². The number of ether oxygens (including phenoxy) is 5. The number of hydrogen-bond acceptors (Lipinski definition) is 7. The number of benzene rings is 3. The fraction of sp³-hybridized carbons (Fsp3) is 0.286. The topological polar surface area (TPSA) is 95.6 Å². The minimum atomic E-state index is -0.176. The second kappa shape index (κ2) is 12.5. The zero-order chi connectivity index (χ0) is 26.0. The molecule has 0 bridgehead atoms. The molecule has 1 aliphatic rings. The maximum absolute atomic E-state index is 12.6. The first kappa shape index (κ1) is 25.7. The zero-order valence-electron chi connectivity index (χ0n) is 20.9. The molecule has 0 aromatic heterocycles. The third-order valence-corrected chi connectivity index (χ3v) is 5.71. The van der Waals surface area contributed by atoms with Crippen LogP contribution in [-0.2, 0) is 9.59 Å². The molecule has 0 unspecified atom stereocenters. The molecule has 0 saturated carbocycles. The number of methoxy groups -OCH3 is 2. The van der Waals surface area contributed by atoms with Gasteiger partial charge in [0.05, 0.1) is 33.1 Å². The van der Waals surface area contributed by atoms with E-state index in [0.29, 0.717) is 55.5 Å². The average Bonchev–Trinajstić information content (AvgIpc) is 2.93. The van der Waals surface area contributed by atoms with E-state index < -0.39 is 0 Å². The van der Waals surface area contributed by atoms with E-state index in [1.807, 2.05) is 48.5 Å². The molecule has 0 fully saturated rings. The van der Waals surface area contributed by atoms with Crippen LogP contribution in [-0.4, -0.2) is 52.4 Å². The van der Waals surface area contributed by atoms with Crippen LogP contribution in [0, 0.1) is 0 Å². The molecular weight excluding hydrogens is 476 g/mol. The van der Waals surface area contributed by atoms with Crippen molar-refractivity contribution >= 4 is 23.2 Å². The molecule has 1 aliphatic heterocycles. The van der Waals surface area contributed by atoms with Crippen LogP contribution in [0.5, 0.6) is 28.7 Å². The van der Waals surface area contributed by atoms with Gasteiger partial charge in [-0.25, -0.2) is 0 Å². The first-order valence-electron chi connectivity index (χ1n) is 12.0. The predicted octanol–water partition coefficient (Wildman–Crippen LogP) is 4.31. The minimum Gasteiger partial charge on any atom is -0.497 e. The second-order valence-corrected chi connectivity index (χ2v) is 8.22. The van der Waals surface area contributed by atoms with E-state index in [2.05, 4.69) is 5.32 Å². The molecule has 4 rings (SSSR count). The van der Waals surface area contributed by atoms with Crippen LogP contribution in [0.4, 0.5) is 11.4 Å². The van der Waals surface area contributed by atoms with Crippen LogP contribution >= 0.6 is 0 Å². The number of nitrogens with one attached hydrogen (secondary N) is 1. The second-order valence-electron chi connectivity index (χ2n) is 8.22. The van der Waals surface area contributed by atoms with Crippen molar-refractivity contribution in [3.63, 3.8) is 0 Å². The van der Waals surface area contributed by atoms with Crippen LogP contribution in [0.2, 0.25) is 0 Å². The summed E-state index contributed by atoms with van der Waals surface area (Å²) in [5.74, 6) is 3.15. The summed E-state index contributed by atoms with van der Waals surface area (Å²) in [6, 6.07) is 19.8. The number of hydrogen-bond donors (Lipinski definition) is 1. The van der Waals surface area contributed by atoms with Gasteiger partial charge in [0, 0.05) is 12.1 Å². The molecule has 1 heterocycles. The van der Waals surface area contributed by atoms with Crippen molar-refractivity contribution < 1.29 is 33.3 Å². The Bertz CT molecular complexity index is 1200. The van der Waals surface area contributed by atoms with Crippen LogP contribution in [0.1, 0.15) is 12.8 Å². The summed E-state index contributed by atoms with van der Waals surface area (Å²) >= 11 is 0. The van der Waals surface area contributed by atoms with Crippen LogP contribution in [0.25, 0.3) is 0 Å². The lowest BCUT2D eigenvalue weighted by atomic mass is 10.2. The third kappa shape index (κ3) is 7.07. The smallest absolute Gasteiger partial charge is 0.265 e. The molecule has 1 N–H and O–H groups in total. The highest BCUT2D eigenvalue weighted by Crippen LogP contribution is 2.34. The standard InChI is InChI=1S/C28H30N2O7/c1-33-21-6-10-23(11-7-21)35-16-3-4-27(31)29-20-5-14-26-25(18-20)30(28(32)19-37-26)15-17-36-24-12-8-22(34-2)9-13-24/h5-14,18H,3-4,15-17,19H2,1-2H3,(H,29,31). The number of amides is 2. The zero-order valence-corrected chi connectivity index (χ0v) is 20.9. The summed E-state index contributed by atoms with van der Waals surface area (Å²) in [7, 11) is 3.21. The Labute approximate surface area is 215 Å². The van der Waals surface area contributed by atoms with Crippen LogP contribution in [0.15, 0.2) is 66.7 Å². The van der Waals surface area contributed by atoms with E-state index in [1.54, 1.807) is 37.3 Å². The highest BCUT2D eigenvalue weighted by Gasteiger charge is 2.26. The third-order valence-electron chi connectivity index (χ3n) is 5.71. The van der Waals surface area contributed by atoms with Gasteiger partial charge in [-0.2, -0.15) is 0 Å². The van der Waals surface area contributed by atoms with Gasteiger partial charge >= 0.3 is 0 Å². The molecule has 2 amide bonds. The summed E-state index contributed by atoms with van der Waals surface area (Å²) in [6.07, 6.45) is 0.849. The number of nitrogens with zero attached hydrogens (tertiary/aromatic N) is 1. The van der Waals surface area contributed by atoms with Crippen LogP contribution < -0.4 is 33.9 Å². The van der Waals surface area contributed by atoms with Crippen molar-refractivity contribution in [1.29, 1.82) is 0 Å². The number of carbonyl (C=O) groups excluding carboxylic acids is 2. The Morgan fingerprint density at radius 1 is 0.865 bits per heavy atom. The van der Waals surface area contributed by atoms with E-state index >= 15 is 0 Å². The summed E-state index contributed by atoms with van der Waals surface area (Å²) in [5.41, 5.74) is 1.18. The van der Waals surface area contributed by atoms with Crippen molar-refractivity contribution in [2.24, 2.45) is 0 Å². The van der Waals surface area contributed by atoms with E-state index in [1.165, 1.54) is 0 Å². The number of fused-ring (bicyclic) bond motifs is 1. The van der Waals surface area contributed by atoms with Crippen molar-refractivity contribution in [3.8, 4) is 28.7 Å². The average molecular weight is 507 g/mol. The maximum Gasteiger partial charge on any atom is 0.265 e. The van der Waals surface area contributed by atoms with Crippen molar-refractivity contribution in [2.75, 3.05) is 50.8 Å². The quantitative estimate of drug-likeness (QED) is 0.366. The molecule has 0 radical (unpaired) electrons. The van der Waals surface area contributed by atoms with Gasteiger partial charge in [0.1, 0.15) is 35.4 Å². The van der Waals surface area contributed by atoms with E-state index in [-0.39, 0.29) is 18.4 Å². The maximum atomic E-state index is 12.6. The Morgan fingerprint density at radius 2 is 1.46 bits per heavy atom. The molecule has 9 heteroatoms. The Balaban J connectivity index is 1.28. The van der Waals surface area contributed by atoms with E-state index in [4.69, 9.17) is 23.7 Å². The molecule has 0 saturated heterocycles. The summed E-state index contributed by atoms with van der Waals surface area (Å²) in [5, 5.41) is 2.89. The highest BCUT2D eigenvalue weighted by atomic mass is 16.5. The normalized spacial score (nSPS) is 12.3. The molecule has 9 nitrogen and oxygen atoms in total. The summed E-state index contributed by atoms with van der Waals surface area (Å²) < 4.78 is 27.3. The van der Waals surface area contributed by atoms with Gasteiger partial charge in [-0.15, -0.1) is 0 Å². The Morgan fingerprint density at radius 3 is 2.08 bits per heavy atom. The summed E-state index contributed by atoms with van der Waals surface area (Å²) in [4.78, 5) is 26.6. The number of anilines is 2. The molecule has 0 aliphatic carbocycles.